The molecule has 0 saturated carbocycles. The van der Waals surface area contributed by atoms with E-state index in [4.69, 9.17) is 4.74 Å². The van der Waals surface area contributed by atoms with E-state index in [2.05, 4.69) is 0 Å². The number of piperidine rings is 1. The summed E-state index contributed by atoms with van der Waals surface area (Å²) >= 11 is 1.07. The van der Waals surface area contributed by atoms with Crippen molar-refractivity contribution in [2.24, 2.45) is 0 Å². The first-order chi connectivity index (χ1) is 15.1. The molecule has 7 heteroatoms. The van der Waals surface area contributed by atoms with Crippen LogP contribution in [-0.4, -0.2) is 51.7 Å². The van der Waals surface area contributed by atoms with Crippen LogP contribution in [0.25, 0.3) is 0 Å². The second-order valence-electron chi connectivity index (χ2n) is 7.85. The molecule has 4 rings (SSSR count). The van der Waals surface area contributed by atoms with Crippen LogP contribution in [0.3, 0.4) is 0 Å². The van der Waals surface area contributed by atoms with Crippen molar-refractivity contribution in [3.05, 3.63) is 65.7 Å². The molecule has 0 spiro atoms. The van der Waals surface area contributed by atoms with Crippen LogP contribution in [0, 0.1) is 0 Å². The number of carbonyl (C=O) groups is 3. The van der Waals surface area contributed by atoms with E-state index in [9.17, 15) is 14.4 Å². The fourth-order valence-corrected chi connectivity index (χ4v) is 4.81. The Labute approximate surface area is 186 Å². The van der Waals surface area contributed by atoms with Gasteiger partial charge in [-0.2, -0.15) is 0 Å². The maximum atomic E-state index is 12.7. The molecule has 0 N–H and O–H groups in total. The summed E-state index contributed by atoms with van der Waals surface area (Å²) < 4.78 is 5.88. The van der Waals surface area contributed by atoms with Gasteiger partial charge in [-0.1, -0.05) is 54.2 Å². The summed E-state index contributed by atoms with van der Waals surface area (Å²) in [6.07, 6.45) is 2.41. The molecule has 2 aliphatic heterocycles. The Bertz CT molecular complexity index is 926. The first-order valence-corrected chi connectivity index (χ1v) is 11.6. The Kier molecular flexibility index (Phi) is 6.92. The second kappa shape index (κ2) is 10.0. The van der Waals surface area contributed by atoms with E-state index in [0.717, 1.165) is 28.6 Å². The average molecular weight is 439 g/mol. The van der Waals surface area contributed by atoms with E-state index in [1.807, 2.05) is 59.5 Å². The first-order valence-electron chi connectivity index (χ1n) is 10.6. The summed E-state index contributed by atoms with van der Waals surface area (Å²) in [7, 11) is 0. The summed E-state index contributed by atoms with van der Waals surface area (Å²) in [5.74, 6) is 1.05. The van der Waals surface area contributed by atoms with E-state index >= 15 is 0 Å². The lowest BCUT2D eigenvalue weighted by atomic mass is 10.0. The number of rotatable bonds is 7. The van der Waals surface area contributed by atoms with Crippen LogP contribution >= 0.6 is 11.8 Å². The predicted octanol–water partition coefficient (Wildman–Crippen LogP) is 3.88. The number of hydrogen-bond donors (Lipinski definition) is 0. The third kappa shape index (κ3) is 5.47. The first kappa shape index (κ1) is 21.4. The van der Waals surface area contributed by atoms with Crippen molar-refractivity contribution >= 4 is 28.8 Å². The van der Waals surface area contributed by atoms with Crippen molar-refractivity contribution in [3.63, 3.8) is 0 Å². The molecule has 2 aromatic rings. The molecule has 3 amide bonds. The minimum absolute atomic E-state index is 0.0718. The van der Waals surface area contributed by atoms with Gasteiger partial charge in [0.25, 0.3) is 5.24 Å². The minimum Gasteiger partial charge on any atom is -0.489 e. The van der Waals surface area contributed by atoms with Gasteiger partial charge in [0, 0.05) is 25.6 Å². The predicted molar refractivity (Wildman–Crippen MR) is 120 cm³/mol. The van der Waals surface area contributed by atoms with Crippen LogP contribution in [0.5, 0.6) is 5.75 Å². The molecule has 0 unspecified atom stereocenters. The lowest BCUT2D eigenvalue weighted by molar-refractivity contribution is -0.133. The van der Waals surface area contributed by atoms with Crippen molar-refractivity contribution in [2.75, 3.05) is 18.8 Å². The topological polar surface area (TPSA) is 66.9 Å². The monoisotopic (exact) mass is 438 g/mol. The van der Waals surface area contributed by atoms with E-state index in [0.29, 0.717) is 45.4 Å². The van der Waals surface area contributed by atoms with Gasteiger partial charge < -0.3 is 9.64 Å². The van der Waals surface area contributed by atoms with Crippen LogP contribution < -0.4 is 4.74 Å². The summed E-state index contributed by atoms with van der Waals surface area (Å²) in [5.41, 5.74) is 2.18. The zero-order valence-electron chi connectivity index (χ0n) is 17.4. The number of likely N-dealkylation sites (tertiary alicyclic amines) is 1. The molecule has 0 atom stereocenters. The maximum Gasteiger partial charge on any atom is 0.289 e. The molecule has 0 aromatic heterocycles. The highest BCUT2D eigenvalue weighted by molar-refractivity contribution is 8.14. The van der Waals surface area contributed by atoms with Gasteiger partial charge in [0.15, 0.2) is 0 Å². The van der Waals surface area contributed by atoms with Crippen LogP contribution in [0.4, 0.5) is 4.79 Å². The Morgan fingerprint density at radius 3 is 2.45 bits per heavy atom. The van der Waals surface area contributed by atoms with Crippen molar-refractivity contribution < 1.29 is 19.1 Å². The third-order valence-corrected chi connectivity index (χ3v) is 6.58. The Morgan fingerprint density at radius 2 is 1.74 bits per heavy atom. The van der Waals surface area contributed by atoms with Gasteiger partial charge in [-0.05, 0) is 42.5 Å². The SMILES string of the molecule is O=C(CCc1cccc(OCc2ccccc2)c1)N1CCC(N2C(=O)CSC2=O)CC1. The smallest absolute Gasteiger partial charge is 0.289 e. The third-order valence-electron chi connectivity index (χ3n) is 5.74. The normalized spacial score (nSPS) is 17.3. The quantitative estimate of drug-likeness (QED) is 0.656. The number of aryl methyl sites for hydroxylation is 1. The lowest BCUT2D eigenvalue weighted by Crippen LogP contribution is -2.48. The van der Waals surface area contributed by atoms with Crippen molar-refractivity contribution in [1.29, 1.82) is 0 Å². The van der Waals surface area contributed by atoms with Gasteiger partial charge in [-0.3, -0.25) is 19.3 Å². The molecule has 6 nitrogen and oxygen atoms in total. The molecule has 2 saturated heterocycles. The fraction of sp³-hybridized carbons (Fsp3) is 0.375. The lowest BCUT2D eigenvalue weighted by Gasteiger charge is -2.35. The number of thioether (sulfide) groups is 1. The summed E-state index contributed by atoms with van der Waals surface area (Å²) in [6.45, 7) is 1.69. The zero-order valence-corrected chi connectivity index (χ0v) is 18.2. The van der Waals surface area contributed by atoms with Gasteiger partial charge in [0.2, 0.25) is 11.8 Å². The van der Waals surface area contributed by atoms with Gasteiger partial charge in [-0.25, -0.2) is 0 Å². The molecule has 2 fully saturated rings. The summed E-state index contributed by atoms with van der Waals surface area (Å²) in [5, 5.41) is -0.149. The zero-order chi connectivity index (χ0) is 21.6. The number of amides is 3. The van der Waals surface area contributed by atoms with Crippen LogP contribution in [-0.2, 0) is 22.6 Å². The minimum atomic E-state index is -0.149. The molecule has 31 heavy (non-hydrogen) atoms. The second-order valence-corrected chi connectivity index (χ2v) is 8.78. The molecular weight excluding hydrogens is 412 g/mol. The highest BCUT2D eigenvalue weighted by Crippen LogP contribution is 2.27. The number of imide groups is 1. The molecular formula is C24H26N2O4S. The number of hydrogen-bond acceptors (Lipinski definition) is 5. The molecule has 0 bridgehead atoms. The van der Waals surface area contributed by atoms with Crippen molar-refractivity contribution in [1.82, 2.24) is 9.80 Å². The number of benzene rings is 2. The van der Waals surface area contributed by atoms with Gasteiger partial charge in [0.05, 0.1) is 5.75 Å². The summed E-state index contributed by atoms with van der Waals surface area (Å²) in [6, 6.07) is 17.8. The highest BCUT2D eigenvalue weighted by Gasteiger charge is 2.37. The number of nitrogens with zero attached hydrogens (tertiary/aromatic N) is 2. The van der Waals surface area contributed by atoms with E-state index in [-0.39, 0.29) is 28.8 Å². The average Bonchev–Trinajstić information content (AvgIpc) is 3.15. The number of ether oxygens (including phenoxy) is 1. The Morgan fingerprint density at radius 1 is 1.00 bits per heavy atom. The summed E-state index contributed by atoms with van der Waals surface area (Å²) in [4.78, 5) is 39.7. The highest BCUT2D eigenvalue weighted by atomic mass is 32.2. The molecule has 2 aromatic carbocycles. The van der Waals surface area contributed by atoms with Gasteiger partial charge >= 0.3 is 0 Å². The molecule has 0 radical (unpaired) electrons. The van der Waals surface area contributed by atoms with Crippen LogP contribution in [0.15, 0.2) is 54.6 Å². The molecule has 2 aliphatic rings. The Hall–Kier alpha value is -2.80. The van der Waals surface area contributed by atoms with Crippen molar-refractivity contribution in [3.8, 4) is 5.75 Å². The molecule has 162 valence electrons. The standard InChI is InChI=1S/C24H26N2O4S/c27-22(25-13-11-20(12-14-25)26-23(28)17-31-24(26)29)10-9-18-7-4-8-21(15-18)30-16-19-5-2-1-3-6-19/h1-8,15,20H,9-14,16-17H2. The largest absolute Gasteiger partial charge is 0.489 e. The van der Waals surface area contributed by atoms with Crippen molar-refractivity contribution in [2.45, 2.75) is 38.3 Å². The van der Waals surface area contributed by atoms with Crippen LogP contribution in [0.2, 0.25) is 0 Å². The van der Waals surface area contributed by atoms with Gasteiger partial charge in [0.1, 0.15) is 12.4 Å². The Balaban J connectivity index is 1.24. The molecule has 2 heterocycles. The maximum absolute atomic E-state index is 12.7. The number of carbonyl (C=O) groups excluding carboxylic acids is 3. The van der Waals surface area contributed by atoms with Crippen LogP contribution in [0.1, 0.15) is 30.4 Å². The van der Waals surface area contributed by atoms with Gasteiger partial charge in [-0.15, -0.1) is 0 Å². The van der Waals surface area contributed by atoms with E-state index in [1.165, 1.54) is 4.90 Å². The fourth-order valence-electron chi connectivity index (χ4n) is 4.03. The van der Waals surface area contributed by atoms with E-state index in [1.54, 1.807) is 0 Å². The molecule has 0 aliphatic carbocycles. The van der Waals surface area contributed by atoms with E-state index < -0.39 is 0 Å².